The van der Waals surface area contributed by atoms with Crippen LogP contribution in [0.1, 0.15) is 13.3 Å². The molecule has 0 aliphatic carbocycles. The van der Waals surface area contributed by atoms with Crippen LogP contribution in [0.4, 0.5) is 0 Å². The molecule has 0 saturated carbocycles. The van der Waals surface area contributed by atoms with Gasteiger partial charge in [-0.25, -0.2) is 0 Å². The van der Waals surface area contributed by atoms with E-state index in [1.165, 1.54) is 0 Å². The number of esters is 1. The summed E-state index contributed by atoms with van der Waals surface area (Å²) in [6.07, 6.45) is -0.0756. The van der Waals surface area contributed by atoms with Crippen molar-refractivity contribution in [2.45, 2.75) is 13.3 Å². The molecule has 0 unspecified atom stereocenters. The third-order valence-electron chi connectivity index (χ3n) is 0.813. The molecule has 0 bridgehead atoms. The predicted molar refractivity (Wildman–Crippen MR) is 33.1 cm³/mol. The van der Waals surface area contributed by atoms with Gasteiger partial charge < -0.3 is 15.2 Å². The maximum Gasteiger partial charge on any atom is 0.307 e. The van der Waals surface area contributed by atoms with Crippen molar-refractivity contribution in [3.63, 3.8) is 0 Å². The zero-order chi connectivity index (χ0) is 7.98. The molecule has 10 heavy (non-hydrogen) atoms. The lowest BCUT2D eigenvalue weighted by Crippen LogP contribution is -2.16. The Morgan fingerprint density at radius 1 is 1.80 bits per heavy atom. The first-order chi connectivity index (χ1) is 4.66. The molecule has 5 nitrogen and oxygen atoms in total. The molecule has 0 aromatic heterocycles. The van der Waals surface area contributed by atoms with Gasteiger partial charge in [-0.15, -0.1) is 0 Å². The summed E-state index contributed by atoms with van der Waals surface area (Å²) in [5.41, 5.74) is 0. The highest BCUT2D eigenvalue weighted by atomic mass is 16.8. The molecule has 0 aliphatic heterocycles. The summed E-state index contributed by atoms with van der Waals surface area (Å²) in [4.78, 5) is 10.4. The Bertz CT molecular complexity index is 104. The van der Waals surface area contributed by atoms with E-state index >= 15 is 0 Å². The Balaban J connectivity index is 3.22. The number of carbonyl (C=O) groups is 1. The zero-order valence-corrected chi connectivity index (χ0v) is 5.74. The summed E-state index contributed by atoms with van der Waals surface area (Å²) in [7, 11) is 0. The first kappa shape index (κ1) is 9.35. The lowest BCUT2D eigenvalue weighted by atomic mass is 10.4. The number of carbonyl (C=O) groups excluding carboxylic acids is 1. The van der Waals surface area contributed by atoms with Crippen LogP contribution in [-0.2, 0) is 9.53 Å². The number of ether oxygens (including phenoxy) is 1. The quantitative estimate of drug-likeness (QED) is 0.453. The van der Waals surface area contributed by atoms with Crippen LogP contribution in [0.25, 0.3) is 0 Å². The first-order valence-corrected chi connectivity index (χ1v) is 2.96. The molecule has 5 heteroatoms. The van der Waals surface area contributed by atoms with E-state index in [9.17, 15) is 10.0 Å². The van der Waals surface area contributed by atoms with Gasteiger partial charge in [-0.1, -0.05) is 0 Å². The van der Waals surface area contributed by atoms with E-state index in [4.69, 9.17) is 5.21 Å². The van der Waals surface area contributed by atoms with Crippen molar-refractivity contribution in [3.05, 3.63) is 5.21 Å². The van der Waals surface area contributed by atoms with Crippen molar-refractivity contribution in [3.8, 4) is 0 Å². The summed E-state index contributed by atoms with van der Waals surface area (Å²) in [5, 5.41) is 17.6. The summed E-state index contributed by atoms with van der Waals surface area (Å²) < 4.78 is 4.48. The summed E-state index contributed by atoms with van der Waals surface area (Å²) in [6.45, 7) is 1.73. The van der Waals surface area contributed by atoms with E-state index in [1.54, 1.807) is 6.92 Å². The fourth-order valence-electron chi connectivity index (χ4n) is 0.420. The van der Waals surface area contributed by atoms with Gasteiger partial charge >= 0.3 is 5.97 Å². The van der Waals surface area contributed by atoms with Gasteiger partial charge in [0.25, 0.3) is 0 Å². The van der Waals surface area contributed by atoms with Crippen LogP contribution in [0.15, 0.2) is 0 Å². The molecule has 0 spiro atoms. The Labute approximate surface area is 58.7 Å². The number of rotatable bonds is 4. The van der Waals surface area contributed by atoms with Gasteiger partial charge in [0.2, 0.25) is 0 Å². The van der Waals surface area contributed by atoms with E-state index in [-0.39, 0.29) is 18.2 Å². The van der Waals surface area contributed by atoms with Crippen molar-refractivity contribution in [1.29, 1.82) is 0 Å². The molecule has 1 N–H and O–H groups in total. The third kappa shape index (κ3) is 5.49. The van der Waals surface area contributed by atoms with Gasteiger partial charge in [0, 0.05) is 6.54 Å². The van der Waals surface area contributed by atoms with Gasteiger partial charge in [-0.05, 0) is 6.92 Å². The molecule has 0 aromatic rings. The third-order valence-corrected chi connectivity index (χ3v) is 0.813. The highest BCUT2D eigenvalue weighted by Crippen LogP contribution is 1.87. The summed E-state index contributed by atoms with van der Waals surface area (Å²) in [5.74, 6) is -0.475. The molecule has 0 aromatic carbocycles. The second-order valence-corrected chi connectivity index (χ2v) is 1.63. The molecule has 0 radical (unpaired) electrons. The standard InChI is InChI=1S/C5H10NO4/c1-2-10-5(7)3-4-6(8)9/h8H,2-4H2,1H3/q-1. The topological polar surface area (TPSA) is 72.8 Å². The fraction of sp³-hybridized carbons (Fsp3) is 0.800. The van der Waals surface area contributed by atoms with E-state index in [0.29, 0.717) is 6.61 Å². The van der Waals surface area contributed by atoms with E-state index in [1.807, 2.05) is 0 Å². The van der Waals surface area contributed by atoms with Crippen LogP contribution in [0.2, 0.25) is 0 Å². The lowest BCUT2D eigenvalue weighted by Gasteiger charge is -2.17. The van der Waals surface area contributed by atoms with Gasteiger partial charge in [0.1, 0.15) is 0 Å². The van der Waals surface area contributed by atoms with Crippen LogP contribution in [0.5, 0.6) is 0 Å². The van der Waals surface area contributed by atoms with E-state index < -0.39 is 5.97 Å². The van der Waals surface area contributed by atoms with Crippen LogP contribution in [0.3, 0.4) is 0 Å². The van der Waals surface area contributed by atoms with Crippen molar-refractivity contribution in [2.75, 3.05) is 13.2 Å². The Morgan fingerprint density at radius 2 is 2.40 bits per heavy atom. The molecule has 60 valence electrons. The maximum absolute atomic E-state index is 10.4. The maximum atomic E-state index is 10.4. The van der Waals surface area contributed by atoms with Gasteiger partial charge in [0.05, 0.1) is 13.0 Å². The Morgan fingerprint density at radius 3 is 2.80 bits per heavy atom. The van der Waals surface area contributed by atoms with Crippen molar-refractivity contribution in [1.82, 2.24) is 5.23 Å². The normalized spacial score (nSPS) is 10.0. The number of hydroxylamine groups is 2. The van der Waals surface area contributed by atoms with Crippen LogP contribution in [0, 0.1) is 5.21 Å². The van der Waals surface area contributed by atoms with Crippen molar-refractivity contribution < 1.29 is 14.7 Å². The largest absolute Gasteiger partial charge is 0.762 e. The fourth-order valence-corrected chi connectivity index (χ4v) is 0.420. The number of hydrogen-bond acceptors (Lipinski definition) is 5. The highest BCUT2D eigenvalue weighted by Gasteiger charge is 1.99. The molecule has 0 aliphatic rings. The second-order valence-electron chi connectivity index (χ2n) is 1.63. The van der Waals surface area contributed by atoms with Gasteiger partial charge in [0.15, 0.2) is 0 Å². The lowest BCUT2D eigenvalue weighted by molar-refractivity contribution is -0.145. The van der Waals surface area contributed by atoms with Crippen molar-refractivity contribution >= 4 is 5.97 Å². The molecular weight excluding hydrogens is 138 g/mol. The molecule has 0 atom stereocenters. The molecule has 0 heterocycles. The van der Waals surface area contributed by atoms with Gasteiger partial charge in [-0.3, -0.25) is 10.0 Å². The van der Waals surface area contributed by atoms with Crippen LogP contribution >= 0.6 is 0 Å². The average Bonchev–Trinajstić information content (AvgIpc) is 1.85. The number of nitrogens with zero attached hydrogens (tertiary/aromatic N) is 1. The second kappa shape index (κ2) is 5.16. The Hall–Kier alpha value is -0.650. The smallest absolute Gasteiger partial charge is 0.307 e. The SMILES string of the molecule is CCOC(=O)CCN([O-])O. The molecule has 0 amide bonds. The molecule has 0 saturated heterocycles. The monoisotopic (exact) mass is 148 g/mol. The summed E-state index contributed by atoms with van der Waals surface area (Å²) in [6, 6.07) is 0. The van der Waals surface area contributed by atoms with E-state index in [0.717, 1.165) is 0 Å². The van der Waals surface area contributed by atoms with E-state index in [2.05, 4.69) is 4.74 Å². The predicted octanol–water partition coefficient (Wildman–Crippen LogP) is 0.129. The van der Waals surface area contributed by atoms with Gasteiger partial charge in [-0.2, -0.15) is 0 Å². The molecule has 0 rings (SSSR count). The molecule has 0 fully saturated rings. The van der Waals surface area contributed by atoms with Crippen molar-refractivity contribution in [2.24, 2.45) is 0 Å². The Kier molecular flexibility index (Phi) is 4.82. The zero-order valence-electron chi connectivity index (χ0n) is 5.74. The minimum atomic E-state index is -0.475. The summed E-state index contributed by atoms with van der Waals surface area (Å²) >= 11 is 0. The number of hydrogen-bond donors (Lipinski definition) is 1. The van der Waals surface area contributed by atoms with Crippen LogP contribution in [-0.4, -0.2) is 29.6 Å². The first-order valence-electron chi connectivity index (χ1n) is 2.96. The highest BCUT2D eigenvalue weighted by molar-refractivity contribution is 5.69. The minimum Gasteiger partial charge on any atom is -0.762 e. The minimum absolute atomic E-state index is 0.0756. The molecular formula is C5H10NO4-. The van der Waals surface area contributed by atoms with Crippen LogP contribution < -0.4 is 0 Å². The average molecular weight is 148 g/mol.